The van der Waals surface area contributed by atoms with Crippen molar-refractivity contribution in [3.8, 4) is 5.75 Å². The molecule has 5 nitrogen and oxygen atoms in total. The van der Waals surface area contributed by atoms with Crippen LogP contribution < -0.4 is 15.4 Å². The van der Waals surface area contributed by atoms with E-state index in [-0.39, 0.29) is 17.2 Å². The second-order valence-corrected chi connectivity index (χ2v) is 8.12. The number of methoxy groups -OCH3 is 1. The maximum atomic E-state index is 14.0. The normalized spacial score (nSPS) is 12.6. The van der Waals surface area contributed by atoms with Crippen LogP contribution in [0.5, 0.6) is 5.75 Å². The van der Waals surface area contributed by atoms with E-state index < -0.39 is 23.7 Å². The van der Waals surface area contributed by atoms with Gasteiger partial charge in [0.2, 0.25) is 5.91 Å². The molecule has 1 aromatic heterocycles. The molecule has 162 valence electrons. The Labute approximate surface area is 185 Å². The van der Waals surface area contributed by atoms with Gasteiger partial charge in [-0.2, -0.15) is 0 Å². The van der Waals surface area contributed by atoms with Crippen molar-refractivity contribution in [2.24, 2.45) is 0 Å². The summed E-state index contributed by atoms with van der Waals surface area (Å²) >= 11 is 1.65. The molecule has 0 aliphatic carbocycles. The first-order valence-corrected chi connectivity index (χ1v) is 10.9. The van der Waals surface area contributed by atoms with E-state index in [1.807, 2.05) is 47.8 Å². The molecule has 0 bridgehead atoms. The molecule has 0 spiro atoms. The molecule has 0 radical (unpaired) electrons. The minimum Gasteiger partial charge on any atom is -0.493 e. The molecule has 2 unspecified atom stereocenters. The van der Waals surface area contributed by atoms with Crippen LogP contribution in [0.15, 0.2) is 66.0 Å². The Morgan fingerprint density at radius 3 is 2.52 bits per heavy atom. The Hall–Kier alpha value is -3.19. The summed E-state index contributed by atoms with van der Waals surface area (Å²) in [5.41, 5.74) is 0.870. The number of halogens is 1. The molecule has 2 amide bonds. The van der Waals surface area contributed by atoms with Crippen LogP contribution in [0, 0.1) is 5.82 Å². The SMILES string of the molecule is COc1c(F)cccc1C(=O)NC(C)C(C(=O)NCCc1cccs1)c1ccccc1. The van der Waals surface area contributed by atoms with E-state index in [2.05, 4.69) is 10.6 Å². The topological polar surface area (TPSA) is 67.4 Å². The number of hydrogen-bond donors (Lipinski definition) is 2. The van der Waals surface area contributed by atoms with Crippen molar-refractivity contribution >= 4 is 23.2 Å². The molecule has 3 aromatic rings. The molecule has 31 heavy (non-hydrogen) atoms. The molecule has 2 N–H and O–H groups in total. The number of para-hydroxylation sites is 1. The highest BCUT2D eigenvalue weighted by Crippen LogP contribution is 2.24. The number of carbonyl (C=O) groups is 2. The molecule has 0 aliphatic heterocycles. The number of benzene rings is 2. The van der Waals surface area contributed by atoms with Gasteiger partial charge < -0.3 is 15.4 Å². The Balaban J connectivity index is 1.75. The lowest BCUT2D eigenvalue weighted by Gasteiger charge is -2.25. The van der Waals surface area contributed by atoms with Gasteiger partial charge in [0.05, 0.1) is 18.6 Å². The predicted octanol–water partition coefficient (Wildman–Crippen LogP) is 4.16. The van der Waals surface area contributed by atoms with E-state index in [0.29, 0.717) is 6.54 Å². The monoisotopic (exact) mass is 440 g/mol. The van der Waals surface area contributed by atoms with Crippen LogP contribution in [0.4, 0.5) is 4.39 Å². The number of ether oxygens (including phenoxy) is 1. The molecule has 0 aliphatic rings. The van der Waals surface area contributed by atoms with E-state index in [1.165, 1.54) is 30.2 Å². The lowest BCUT2D eigenvalue weighted by atomic mass is 9.91. The fourth-order valence-electron chi connectivity index (χ4n) is 3.46. The summed E-state index contributed by atoms with van der Waals surface area (Å²) in [6, 6.07) is 16.9. The maximum absolute atomic E-state index is 14.0. The van der Waals surface area contributed by atoms with Gasteiger partial charge in [0.1, 0.15) is 0 Å². The van der Waals surface area contributed by atoms with E-state index >= 15 is 0 Å². The Morgan fingerprint density at radius 1 is 1.06 bits per heavy atom. The molecule has 0 saturated carbocycles. The zero-order valence-electron chi connectivity index (χ0n) is 17.4. The first kappa shape index (κ1) is 22.5. The maximum Gasteiger partial charge on any atom is 0.255 e. The van der Waals surface area contributed by atoms with Crippen LogP contribution in [0.2, 0.25) is 0 Å². The fraction of sp³-hybridized carbons (Fsp3) is 0.250. The van der Waals surface area contributed by atoms with Gasteiger partial charge >= 0.3 is 0 Å². The standard InChI is InChI=1S/C24H25FN2O3S/c1-16(27-23(28)19-11-6-12-20(25)22(19)30-2)21(17-8-4-3-5-9-17)24(29)26-14-13-18-10-7-15-31-18/h3-12,15-16,21H,13-14H2,1-2H3,(H,26,29)(H,27,28). The van der Waals surface area contributed by atoms with Crippen molar-refractivity contribution in [3.63, 3.8) is 0 Å². The van der Waals surface area contributed by atoms with Crippen molar-refractivity contribution in [1.29, 1.82) is 0 Å². The zero-order chi connectivity index (χ0) is 22.2. The molecule has 2 aromatic carbocycles. The first-order chi connectivity index (χ1) is 15.0. The Kier molecular flexibility index (Phi) is 7.78. The van der Waals surface area contributed by atoms with Crippen molar-refractivity contribution < 1.29 is 18.7 Å². The minimum atomic E-state index is -0.617. The largest absolute Gasteiger partial charge is 0.493 e. The predicted molar refractivity (Wildman–Crippen MR) is 120 cm³/mol. The van der Waals surface area contributed by atoms with Gasteiger partial charge in [-0.15, -0.1) is 11.3 Å². The first-order valence-electron chi connectivity index (χ1n) is 9.99. The van der Waals surface area contributed by atoms with E-state index in [4.69, 9.17) is 4.74 Å². The smallest absolute Gasteiger partial charge is 0.255 e. The quantitative estimate of drug-likeness (QED) is 0.525. The number of nitrogens with one attached hydrogen (secondary N) is 2. The van der Waals surface area contributed by atoms with Gasteiger partial charge in [0.15, 0.2) is 11.6 Å². The highest BCUT2D eigenvalue weighted by atomic mass is 32.1. The molecule has 3 rings (SSSR count). The highest BCUT2D eigenvalue weighted by Gasteiger charge is 2.29. The van der Waals surface area contributed by atoms with Crippen LogP contribution >= 0.6 is 11.3 Å². The van der Waals surface area contributed by atoms with Gasteiger partial charge in [-0.1, -0.05) is 42.5 Å². The fourth-order valence-corrected chi connectivity index (χ4v) is 4.17. The van der Waals surface area contributed by atoms with Crippen LogP contribution in [0.25, 0.3) is 0 Å². The van der Waals surface area contributed by atoms with Crippen molar-refractivity contribution in [2.75, 3.05) is 13.7 Å². The molecular formula is C24H25FN2O3S. The second kappa shape index (κ2) is 10.7. The third kappa shape index (κ3) is 5.70. The van der Waals surface area contributed by atoms with E-state index in [9.17, 15) is 14.0 Å². The molecular weight excluding hydrogens is 415 g/mol. The number of rotatable bonds is 9. The molecule has 7 heteroatoms. The average molecular weight is 441 g/mol. The van der Waals surface area contributed by atoms with E-state index in [1.54, 1.807) is 18.3 Å². The summed E-state index contributed by atoms with van der Waals surface area (Å²) in [6.07, 6.45) is 0.742. The zero-order valence-corrected chi connectivity index (χ0v) is 18.2. The number of hydrogen-bond acceptors (Lipinski definition) is 4. The van der Waals surface area contributed by atoms with Crippen molar-refractivity contribution in [3.05, 3.63) is 87.9 Å². The summed E-state index contributed by atoms with van der Waals surface area (Å²) in [7, 11) is 1.31. The summed E-state index contributed by atoms with van der Waals surface area (Å²) < 4.78 is 19.0. The van der Waals surface area contributed by atoms with Gasteiger partial charge in [0.25, 0.3) is 5.91 Å². The van der Waals surface area contributed by atoms with Crippen molar-refractivity contribution in [1.82, 2.24) is 10.6 Å². The molecule has 0 fully saturated rings. The second-order valence-electron chi connectivity index (χ2n) is 7.09. The highest BCUT2D eigenvalue weighted by molar-refractivity contribution is 7.09. The summed E-state index contributed by atoms with van der Waals surface area (Å²) in [6.45, 7) is 2.27. The molecule has 0 saturated heterocycles. The van der Waals surface area contributed by atoms with Gasteiger partial charge in [0, 0.05) is 17.5 Å². The van der Waals surface area contributed by atoms with Crippen LogP contribution in [0.3, 0.4) is 0 Å². The van der Waals surface area contributed by atoms with Crippen molar-refractivity contribution in [2.45, 2.75) is 25.3 Å². The molecule has 2 atom stereocenters. The van der Waals surface area contributed by atoms with Crippen LogP contribution in [-0.2, 0) is 11.2 Å². The summed E-state index contributed by atoms with van der Waals surface area (Å²) in [5, 5.41) is 7.82. The van der Waals surface area contributed by atoms with Gasteiger partial charge in [-0.25, -0.2) is 4.39 Å². The summed E-state index contributed by atoms with van der Waals surface area (Å²) in [4.78, 5) is 27.1. The lowest BCUT2D eigenvalue weighted by molar-refractivity contribution is -0.123. The van der Waals surface area contributed by atoms with Gasteiger partial charge in [-0.3, -0.25) is 9.59 Å². The average Bonchev–Trinajstić information content (AvgIpc) is 3.28. The van der Waals surface area contributed by atoms with E-state index in [0.717, 1.165) is 12.0 Å². The van der Waals surface area contributed by atoms with Crippen LogP contribution in [-0.4, -0.2) is 31.5 Å². The number of carbonyl (C=O) groups excluding carboxylic acids is 2. The minimum absolute atomic E-state index is 0.0827. The molecule has 1 heterocycles. The summed E-state index contributed by atoms with van der Waals surface area (Å²) in [5.74, 6) is -2.02. The Bertz CT molecular complexity index is 1010. The van der Waals surface area contributed by atoms with Gasteiger partial charge in [-0.05, 0) is 42.5 Å². The Morgan fingerprint density at radius 2 is 1.84 bits per heavy atom. The number of thiophene rings is 1. The third-order valence-corrected chi connectivity index (χ3v) is 5.90. The van der Waals surface area contributed by atoms with Crippen LogP contribution in [0.1, 0.15) is 33.6 Å². The lowest BCUT2D eigenvalue weighted by Crippen LogP contribution is -2.44. The number of amides is 2. The third-order valence-electron chi connectivity index (χ3n) is 4.97.